The topological polar surface area (TPSA) is 71.1 Å². The number of nitrogens with one attached hydrogen (secondary N) is 2. The van der Waals surface area contributed by atoms with Crippen molar-refractivity contribution >= 4 is 17.5 Å². The van der Waals surface area contributed by atoms with Crippen LogP contribution in [0.3, 0.4) is 0 Å². The molecule has 0 spiro atoms. The molecule has 3 rings (SSSR count). The van der Waals surface area contributed by atoms with E-state index in [-0.39, 0.29) is 29.2 Å². The first-order valence-electron chi connectivity index (χ1n) is 7.69. The number of benzene rings is 1. The van der Waals surface area contributed by atoms with Crippen LogP contribution in [0.25, 0.3) is 0 Å². The molecule has 2 aromatic rings. The van der Waals surface area contributed by atoms with Crippen LogP contribution < -0.4 is 10.6 Å². The van der Waals surface area contributed by atoms with Gasteiger partial charge in [-0.05, 0) is 62.1 Å². The Morgan fingerprint density at radius 2 is 1.70 bits per heavy atom. The number of carbonyl (C=O) groups excluding carboxylic acids is 2. The molecule has 118 valence electrons. The van der Waals surface area contributed by atoms with E-state index in [0.717, 1.165) is 18.4 Å². The molecule has 5 nitrogen and oxygen atoms in total. The molecule has 2 N–H and O–H groups in total. The fourth-order valence-electron chi connectivity index (χ4n) is 2.19. The number of nitrogens with zero attached hydrogens (tertiary/aromatic N) is 1. The highest BCUT2D eigenvalue weighted by atomic mass is 16.2. The third-order valence-electron chi connectivity index (χ3n) is 3.89. The fourth-order valence-corrected chi connectivity index (χ4v) is 2.19. The number of hydrogen-bond acceptors (Lipinski definition) is 3. The largest absolute Gasteiger partial charge is 0.348 e. The quantitative estimate of drug-likeness (QED) is 0.912. The van der Waals surface area contributed by atoms with Crippen molar-refractivity contribution in [1.82, 2.24) is 10.3 Å². The van der Waals surface area contributed by atoms with Crippen molar-refractivity contribution in [3.05, 3.63) is 58.9 Å². The SMILES string of the molecule is Cc1ccc(NC(=O)c2cccc(C(=O)NC3CC3)n2)cc1C. The highest BCUT2D eigenvalue weighted by Gasteiger charge is 2.24. The second-order valence-electron chi connectivity index (χ2n) is 5.91. The summed E-state index contributed by atoms with van der Waals surface area (Å²) < 4.78 is 0. The maximum Gasteiger partial charge on any atom is 0.274 e. The number of aromatic nitrogens is 1. The minimum atomic E-state index is -0.325. The minimum absolute atomic E-state index is 0.228. The summed E-state index contributed by atoms with van der Waals surface area (Å²) in [6, 6.07) is 10.9. The third kappa shape index (κ3) is 3.74. The second kappa shape index (κ2) is 6.20. The van der Waals surface area contributed by atoms with Crippen molar-refractivity contribution in [3.63, 3.8) is 0 Å². The van der Waals surface area contributed by atoms with Crippen LogP contribution in [-0.4, -0.2) is 22.8 Å². The lowest BCUT2D eigenvalue weighted by atomic mass is 10.1. The van der Waals surface area contributed by atoms with E-state index in [1.807, 2.05) is 32.0 Å². The zero-order chi connectivity index (χ0) is 16.4. The summed E-state index contributed by atoms with van der Waals surface area (Å²) >= 11 is 0. The van der Waals surface area contributed by atoms with Gasteiger partial charge in [0.25, 0.3) is 11.8 Å². The molecule has 5 heteroatoms. The second-order valence-corrected chi connectivity index (χ2v) is 5.91. The molecule has 0 radical (unpaired) electrons. The lowest BCUT2D eigenvalue weighted by molar-refractivity contribution is 0.0946. The summed E-state index contributed by atoms with van der Waals surface area (Å²) in [6.07, 6.45) is 2.03. The molecule has 23 heavy (non-hydrogen) atoms. The van der Waals surface area contributed by atoms with Gasteiger partial charge in [0.15, 0.2) is 0 Å². The molecular weight excluding hydrogens is 290 g/mol. The van der Waals surface area contributed by atoms with Crippen LogP contribution in [0, 0.1) is 13.8 Å². The molecule has 0 unspecified atom stereocenters. The molecule has 0 saturated heterocycles. The average molecular weight is 309 g/mol. The molecule has 0 atom stereocenters. The number of carbonyl (C=O) groups is 2. The average Bonchev–Trinajstić information content (AvgIpc) is 3.35. The summed E-state index contributed by atoms with van der Waals surface area (Å²) in [5, 5.41) is 5.68. The van der Waals surface area contributed by atoms with E-state index in [0.29, 0.717) is 5.69 Å². The van der Waals surface area contributed by atoms with Crippen LogP contribution in [-0.2, 0) is 0 Å². The predicted octanol–water partition coefficient (Wildman–Crippen LogP) is 2.84. The maximum atomic E-state index is 12.3. The van der Waals surface area contributed by atoms with E-state index in [1.165, 1.54) is 5.56 Å². The van der Waals surface area contributed by atoms with E-state index in [2.05, 4.69) is 15.6 Å². The monoisotopic (exact) mass is 309 g/mol. The van der Waals surface area contributed by atoms with Gasteiger partial charge in [0, 0.05) is 11.7 Å². The first-order chi connectivity index (χ1) is 11.0. The van der Waals surface area contributed by atoms with Gasteiger partial charge in [-0.1, -0.05) is 12.1 Å². The highest BCUT2D eigenvalue weighted by Crippen LogP contribution is 2.19. The van der Waals surface area contributed by atoms with Gasteiger partial charge in [-0.15, -0.1) is 0 Å². The summed E-state index contributed by atoms with van der Waals surface area (Å²) in [7, 11) is 0. The summed E-state index contributed by atoms with van der Waals surface area (Å²) in [6.45, 7) is 4.01. The molecule has 1 aliphatic rings. The lowest BCUT2D eigenvalue weighted by Gasteiger charge is -2.08. The van der Waals surface area contributed by atoms with Crippen molar-refractivity contribution in [2.45, 2.75) is 32.7 Å². The summed E-state index contributed by atoms with van der Waals surface area (Å²) in [4.78, 5) is 28.5. The van der Waals surface area contributed by atoms with Crippen LogP contribution >= 0.6 is 0 Å². The van der Waals surface area contributed by atoms with E-state index >= 15 is 0 Å². The lowest BCUT2D eigenvalue weighted by Crippen LogP contribution is -2.27. The van der Waals surface area contributed by atoms with Gasteiger partial charge < -0.3 is 10.6 Å². The van der Waals surface area contributed by atoms with Gasteiger partial charge >= 0.3 is 0 Å². The molecule has 1 heterocycles. The Balaban J connectivity index is 1.73. The van der Waals surface area contributed by atoms with E-state index in [9.17, 15) is 9.59 Å². The normalized spacial score (nSPS) is 13.5. The number of amides is 2. The number of aryl methyl sites for hydroxylation is 2. The van der Waals surface area contributed by atoms with Gasteiger partial charge in [-0.3, -0.25) is 9.59 Å². The van der Waals surface area contributed by atoms with Crippen LogP contribution in [0.2, 0.25) is 0 Å². The van der Waals surface area contributed by atoms with Gasteiger partial charge in [0.1, 0.15) is 11.4 Å². The Kier molecular flexibility index (Phi) is 4.10. The molecule has 1 fully saturated rings. The maximum absolute atomic E-state index is 12.3. The van der Waals surface area contributed by atoms with Crippen molar-refractivity contribution in [3.8, 4) is 0 Å². The Labute approximate surface area is 135 Å². The molecule has 0 bridgehead atoms. The number of anilines is 1. The highest BCUT2D eigenvalue weighted by molar-refractivity contribution is 6.03. The summed E-state index contributed by atoms with van der Waals surface area (Å²) in [5.74, 6) is -0.553. The van der Waals surface area contributed by atoms with E-state index in [1.54, 1.807) is 18.2 Å². The van der Waals surface area contributed by atoms with Gasteiger partial charge in [-0.2, -0.15) is 0 Å². The predicted molar refractivity (Wildman–Crippen MR) is 88.6 cm³/mol. The standard InChI is InChI=1S/C18H19N3O2/c1-11-6-7-14(10-12(11)2)20-18(23)16-5-3-4-15(21-16)17(22)19-13-8-9-13/h3-7,10,13H,8-9H2,1-2H3,(H,19,22)(H,20,23). The molecule has 0 aliphatic heterocycles. The Morgan fingerprint density at radius 1 is 1.00 bits per heavy atom. The number of hydrogen-bond donors (Lipinski definition) is 2. The smallest absolute Gasteiger partial charge is 0.274 e. The zero-order valence-electron chi connectivity index (χ0n) is 13.2. The Morgan fingerprint density at radius 3 is 2.35 bits per heavy atom. The van der Waals surface area contributed by atoms with E-state index in [4.69, 9.17) is 0 Å². The Bertz CT molecular complexity index is 767. The van der Waals surface area contributed by atoms with Gasteiger partial charge in [-0.25, -0.2) is 4.98 Å². The van der Waals surface area contributed by atoms with Crippen LogP contribution in [0.5, 0.6) is 0 Å². The van der Waals surface area contributed by atoms with Crippen LogP contribution in [0.15, 0.2) is 36.4 Å². The van der Waals surface area contributed by atoms with Crippen molar-refractivity contribution < 1.29 is 9.59 Å². The van der Waals surface area contributed by atoms with Crippen LogP contribution in [0.4, 0.5) is 5.69 Å². The minimum Gasteiger partial charge on any atom is -0.348 e. The molecule has 1 aromatic heterocycles. The summed E-state index contributed by atoms with van der Waals surface area (Å²) in [5.41, 5.74) is 3.48. The molecule has 2 amide bonds. The number of rotatable bonds is 4. The van der Waals surface area contributed by atoms with Crippen molar-refractivity contribution in [2.24, 2.45) is 0 Å². The molecule has 1 aromatic carbocycles. The Hall–Kier alpha value is -2.69. The first kappa shape index (κ1) is 15.2. The van der Waals surface area contributed by atoms with Gasteiger partial charge in [0.05, 0.1) is 0 Å². The fraction of sp³-hybridized carbons (Fsp3) is 0.278. The third-order valence-corrected chi connectivity index (χ3v) is 3.89. The molecule has 1 saturated carbocycles. The van der Waals surface area contributed by atoms with Crippen molar-refractivity contribution in [2.75, 3.05) is 5.32 Å². The van der Waals surface area contributed by atoms with Crippen LogP contribution in [0.1, 0.15) is 44.9 Å². The van der Waals surface area contributed by atoms with Crippen molar-refractivity contribution in [1.29, 1.82) is 0 Å². The number of pyridine rings is 1. The zero-order valence-corrected chi connectivity index (χ0v) is 13.2. The molecular formula is C18H19N3O2. The molecule has 1 aliphatic carbocycles. The van der Waals surface area contributed by atoms with E-state index < -0.39 is 0 Å². The van der Waals surface area contributed by atoms with Gasteiger partial charge in [0.2, 0.25) is 0 Å². The first-order valence-corrected chi connectivity index (χ1v) is 7.69.